The van der Waals surface area contributed by atoms with Crippen LogP contribution in [0.1, 0.15) is 32.2 Å². The van der Waals surface area contributed by atoms with Crippen molar-refractivity contribution in [2.75, 3.05) is 33.2 Å². The number of likely N-dealkylation sites (N-methyl/N-ethyl adjacent to an activating group) is 1. The number of hydrogen-bond donors (Lipinski definition) is 2. The molecule has 1 aromatic carbocycles. The Hall–Kier alpha value is -1.68. The molecule has 162 valence electrons. The Morgan fingerprint density at radius 2 is 1.86 bits per heavy atom. The van der Waals surface area contributed by atoms with Gasteiger partial charge in [0.2, 0.25) is 0 Å². The van der Waals surface area contributed by atoms with E-state index in [2.05, 4.69) is 86.4 Å². The van der Waals surface area contributed by atoms with E-state index in [1.165, 1.54) is 5.56 Å². The van der Waals surface area contributed by atoms with Crippen LogP contribution in [0.2, 0.25) is 0 Å². The molecule has 0 spiro atoms. The van der Waals surface area contributed by atoms with Gasteiger partial charge in [0.1, 0.15) is 12.2 Å². The van der Waals surface area contributed by atoms with E-state index in [1.807, 2.05) is 7.05 Å². The molecule has 8 heteroatoms. The number of rotatable bonds is 11. The largest absolute Gasteiger partial charge is 0.355 e. The zero-order valence-corrected chi connectivity index (χ0v) is 20.5. The molecule has 29 heavy (non-hydrogen) atoms. The molecule has 2 N–H and O–H groups in total. The molecule has 0 aliphatic carbocycles. The van der Waals surface area contributed by atoms with Crippen LogP contribution in [0.3, 0.4) is 0 Å². The zero-order chi connectivity index (χ0) is 20.2. The number of aryl methyl sites for hydroxylation is 1. The highest BCUT2D eigenvalue weighted by molar-refractivity contribution is 14.0. The van der Waals surface area contributed by atoms with Crippen LogP contribution in [0, 0.1) is 0 Å². The summed E-state index contributed by atoms with van der Waals surface area (Å²) < 4.78 is 2.08. The summed E-state index contributed by atoms with van der Waals surface area (Å²) in [6.45, 7) is 11.1. The number of nitrogens with zero attached hydrogens (tertiary/aromatic N) is 5. The molecule has 0 aliphatic rings. The molecule has 0 fully saturated rings. The molecule has 1 atom stereocenters. The summed E-state index contributed by atoms with van der Waals surface area (Å²) in [5.74, 6) is 1.84. The third kappa shape index (κ3) is 8.30. The van der Waals surface area contributed by atoms with Crippen LogP contribution < -0.4 is 10.6 Å². The van der Waals surface area contributed by atoms with Gasteiger partial charge in [-0.2, -0.15) is 0 Å². The summed E-state index contributed by atoms with van der Waals surface area (Å²) in [6, 6.07) is 11.1. The SMILES string of the molecule is CCc1nncn1CCNC(=NC)NCC(Cc1ccccc1)N(CC)CC.I. The number of guanidine groups is 1. The van der Waals surface area contributed by atoms with Gasteiger partial charge in [-0.1, -0.05) is 51.1 Å². The molecule has 1 unspecified atom stereocenters. The minimum Gasteiger partial charge on any atom is -0.355 e. The van der Waals surface area contributed by atoms with Crippen molar-refractivity contribution in [3.05, 3.63) is 48.0 Å². The van der Waals surface area contributed by atoms with E-state index in [0.717, 1.165) is 57.3 Å². The van der Waals surface area contributed by atoms with E-state index in [0.29, 0.717) is 6.04 Å². The van der Waals surface area contributed by atoms with Crippen molar-refractivity contribution in [1.29, 1.82) is 0 Å². The van der Waals surface area contributed by atoms with Gasteiger partial charge in [0.15, 0.2) is 5.96 Å². The lowest BCUT2D eigenvalue weighted by Gasteiger charge is -2.30. The molecule has 1 aromatic heterocycles. The molecule has 0 saturated heterocycles. The zero-order valence-electron chi connectivity index (χ0n) is 18.1. The summed E-state index contributed by atoms with van der Waals surface area (Å²) >= 11 is 0. The molecule has 0 radical (unpaired) electrons. The van der Waals surface area contributed by atoms with Gasteiger partial charge in [-0.3, -0.25) is 9.89 Å². The number of benzene rings is 1. The molecule has 7 nitrogen and oxygen atoms in total. The van der Waals surface area contributed by atoms with Gasteiger partial charge < -0.3 is 15.2 Å². The fourth-order valence-corrected chi connectivity index (χ4v) is 3.43. The van der Waals surface area contributed by atoms with E-state index < -0.39 is 0 Å². The molecule has 2 rings (SSSR count). The lowest BCUT2D eigenvalue weighted by molar-refractivity contribution is 0.215. The number of nitrogens with one attached hydrogen (secondary N) is 2. The number of aromatic nitrogens is 3. The molecule has 0 saturated carbocycles. The van der Waals surface area contributed by atoms with E-state index in [-0.39, 0.29) is 24.0 Å². The van der Waals surface area contributed by atoms with Gasteiger partial charge in [-0.25, -0.2) is 0 Å². The van der Waals surface area contributed by atoms with Crippen LogP contribution in [0.5, 0.6) is 0 Å². The normalized spacial score (nSPS) is 12.5. The first-order valence-electron chi connectivity index (χ1n) is 10.3. The number of hydrogen-bond acceptors (Lipinski definition) is 4. The molecule has 0 bridgehead atoms. The van der Waals surface area contributed by atoms with Crippen molar-refractivity contribution in [1.82, 2.24) is 30.3 Å². The van der Waals surface area contributed by atoms with Crippen LogP contribution in [-0.4, -0.2) is 64.9 Å². The minimum atomic E-state index is 0. The first-order chi connectivity index (χ1) is 13.7. The van der Waals surface area contributed by atoms with Crippen LogP contribution in [-0.2, 0) is 19.4 Å². The summed E-state index contributed by atoms with van der Waals surface area (Å²) in [7, 11) is 1.81. The van der Waals surface area contributed by atoms with Gasteiger partial charge in [0.25, 0.3) is 0 Å². The van der Waals surface area contributed by atoms with E-state index >= 15 is 0 Å². The highest BCUT2D eigenvalue weighted by Crippen LogP contribution is 2.08. The summed E-state index contributed by atoms with van der Waals surface area (Å²) in [5, 5.41) is 15.0. The van der Waals surface area contributed by atoms with Crippen molar-refractivity contribution < 1.29 is 0 Å². The van der Waals surface area contributed by atoms with Crippen molar-refractivity contribution in [2.45, 2.75) is 46.2 Å². The predicted octanol–water partition coefficient (Wildman–Crippen LogP) is 2.58. The second kappa shape index (κ2) is 14.3. The van der Waals surface area contributed by atoms with Crippen LogP contribution in [0.25, 0.3) is 0 Å². The maximum atomic E-state index is 4.37. The predicted molar refractivity (Wildman–Crippen MR) is 131 cm³/mol. The third-order valence-electron chi connectivity index (χ3n) is 5.03. The molecular formula is C21H36IN7. The highest BCUT2D eigenvalue weighted by atomic mass is 127. The average Bonchev–Trinajstić information content (AvgIpc) is 3.19. The average molecular weight is 513 g/mol. The third-order valence-corrected chi connectivity index (χ3v) is 5.03. The highest BCUT2D eigenvalue weighted by Gasteiger charge is 2.16. The first kappa shape index (κ1) is 25.4. The molecule has 0 amide bonds. The lowest BCUT2D eigenvalue weighted by atomic mass is 10.0. The Kier molecular flexibility index (Phi) is 12.5. The molecular weight excluding hydrogens is 477 g/mol. The van der Waals surface area contributed by atoms with E-state index in [9.17, 15) is 0 Å². The monoisotopic (exact) mass is 513 g/mol. The standard InChI is InChI=1S/C21H35N7.HI/c1-5-20-26-25-17-28(20)14-13-23-21(22-4)24-16-19(27(6-2)7-3)15-18-11-9-8-10-12-18;/h8-12,17,19H,5-7,13-16H2,1-4H3,(H2,22,23,24);1H. The van der Waals surface area contributed by atoms with Gasteiger partial charge in [-0.05, 0) is 25.1 Å². The van der Waals surface area contributed by atoms with Gasteiger partial charge in [-0.15, -0.1) is 34.2 Å². The summed E-state index contributed by atoms with van der Waals surface area (Å²) in [6.07, 6.45) is 3.69. The number of aliphatic imine (C=N–C) groups is 1. The molecule has 2 aromatic rings. The van der Waals surface area contributed by atoms with Gasteiger partial charge in [0, 0.05) is 39.1 Å². The van der Waals surface area contributed by atoms with E-state index in [1.54, 1.807) is 6.33 Å². The van der Waals surface area contributed by atoms with Crippen molar-refractivity contribution in [2.24, 2.45) is 4.99 Å². The maximum absolute atomic E-state index is 4.37. The Morgan fingerprint density at radius 1 is 1.14 bits per heavy atom. The number of halogens is 1. The topological polar surface area (TPSA) is 70.4 Å². The second-order valence-corrected chi connectivity index (χ2v) is 6.74. The van der Waals surface area contributed by atoms with Crippen LogP contribution >= 0.6 is 24.0 Å². The fourth-order valence-electron chi connectivity index (χ4n) is 3.43. The minimum absolute atomic E-state index is 0. The first-order valence-corrected chi connectivity index (χ1v) is 10.3. The lowest BCUT2D eigenvalue weighted by Crippen LogP contribution is -2.48. The summed E-state index contributed by atoms with van der Waals surface area (Å²) in [5.41, 5.74) is 1.36. The smallest absolute Gasteiger partial charge is 0.191 e. The molecule has 0 aliphatic heterocycles. The van der Waals surface area contributed by atoms with Crippen molar-refractivity contribution in [3.63, 3.8) is 0 Å². The Bertz CT molecular complexity index is 698. The fraction of sp³-hybridized carbons (Fsp3) is 0.571. The Balaban J connectivity index is 0.00000420. The van der Waals surface area contributed by atoms with Crippen LogP contribution in [0.15, 0.2) is 41.7 Å². The summed E-state index contributed by atoms with van der Waals surface area (Å²) in [4.78, 5) is 6.87. The van der Waals surface area contributed by atoms with E-state index in [4.69, 9.17) is 0 Å². The van der Waals surface area contributed by atoms with Gasteiger partial charge in [0.05, 0.1) is 0 Å². The maximum Gasteiger partial charge on any atom is 0.191 e. The second-order valence-electron chi connectivity index (χ2n) is 6.74. The van der Waals surface area contributed by atoms with Crippen LogP contribution in [0.4, 0.5) is 0 Å². The van der Waals surface area contributed by atoms with Gasteiger partial charge >= 0.3 is 0 Å². The quantitative estimate of drug-likeness (QED) is 0.275. The Labute approximate surface area is 192 Å². The Morgan fingerprint density at radius 3 is 2.48 bits per heavy atom. The van der Waals surface area contributed by atoms with Crippen molar-refractivity contribution >= 4 is 29.9 Å². The molecule has 1 heterocycles. The van der Waals surface area contributed by atoms with Crippen molar-refractivity contribution in [3.8, 4) is 0 Å².